The Kier molecular flexibility index (Phi) is 4.68. The van der Waals surface area contributed by atoms with Gasteiger partial charge < -0.3 is 11.1 Å². The number of benzene rings is 1. The molecule has 0 bridgehead atoms. The molecule has 0 radical (unpaired) electrons. The highest BCUT2D eigenvalue weighted by Crippen LogP contribution is 2.15. The zero-order valence-corrected chi connectivity index (χ0v) is 9.75. The fourth-order valence-corrected chi connectivity index (χ4v) is 1.40. The van der Waals surface area contributed by atoms with Crippen LogP contribution in [-0.2, 0) is 4.79 Å². The Morgan fingerprint density at radius 1 is 1.32 bits per heavy atom. The molecule has 19 heavy (non-hydrogen) atoms. The van der Waals surface area contributed by atoms with E-state index in [4.69, 9.17) is 5.73 Å². The van der Waals surface area contributed by atoms with Crippen LogP contribution in [0.1, 0.15) is 16.8 Å². The first-order valence-electron chi connectivity index (χ1n) is 5.22. The van der Waals surface area contributed by atoms with Crippen molar-refractivity contribution in [3.8, 4) is 0 Å². The van der Waals surface area contributed by atoms with Gasteiger partial charge >= 0.3 is 0 Å². The van der Waals surface area contributed by atoms with E-state index >= 15 is 0 Å². The number of nitrogens with one attached hydrogen (secondary N) is 1. The van der Waals surface area contributed by atoms with Crippen molar-refractivity contribution in [3.63, 3.8) is 0 Å². The van der Waals surface area contributed by atoms with Crippen molar-refractivity contribution in [2.24, 2.45) is 5.73 Å². The van der Waals surface area contributed by atoms with Gasteiger partial charge in [-0.3, -0.25) is 9.59 Å². The maximum atomic E-state index is 13.3. The van der Waals surface area contributed by atoms with Crippen LogP contribution in [0.4, 0.5) is 13.2 Å². The Morgan fingerprint density at radius 2 is 1.84 bits per heavy atom. The summed E-state index contributed by atoms with van der Waals surface area (Å²) in [6.45, 7) is 3.35. The van der Waals surface area contributed by atoms with Crippen LogP contribution in [0.2, 0.25) is 0 Å². The van der Waals surface area contributed by atoms with E-state index in [-0.39, 0.29) is 6.42 Å². The zero-order valence-electron chi connectivity index (χ0n) is 9.75. The highest BCUT2D eigenvalue weighted by molar-refractivity contribution is 5.97. The molecule has 0 aliphatic carbocycles. The number of hydrogen-bond acceptors (Lipinski definition) is 2. The molecule has 4 nitrogen and oxygen atoms in total. The first-order valence-corrected chi connectivity index (χ1v) is 5.22. The number of hydrogen-bond donors (Lipinski definition) is 2. The molecule has 1 atom stereocenters. The third kappa shape index (κ3) is 3.57. The molecule has 2 amide bonds. The standard InChI is InChI=1S/C12H11F3N2O2/c1-2-3-9(11(16)18)17-12(19)10-7(14)4-6(13)5-8(10)15/h2,4-5,9H,1,3H2,(H2,16,18)(H,17,19)/t9-/m0/s1. The number of rotatable bonds is 5. The van der Waals surface area contributed by atoms with Gasteiger partial charge in [-0.2, -0.15) is 0 Å². The van der Waals surface area contributed by atoms with Crippen LogP contribution in [0.15, 0.2) is 24.8 Å². The summed E-state index contributed by atoms with van der Waals surface area (Å²) in [5, 5.41) is 2.05. The summed E-state index contributed by atoms with van der Waals surface area (Å²) in [5.74, 6) is -5.95. The van der Waals surface area contributed by atoms with Crippen LogP contribution in [0.3, 0.4) is 0 Å². The van der Waals surface area contributed by atoms with Crippen LogP contribution in [0, 0.1) is 17.5 Å². The smallest absolute Gasteiger partial charge is 0.257 e. The molecule has 0 aromatic heterocycles. The lowest BCUT2D eigenvalue weighted by Crippen LogP contribution is -2.44. The zero-order chi connectivity index (χ0) is 14.6. The molecule has 0 fully saturated rings. The van der Waals surface area contributed by atoms with Gasteiger partial charge in [0.1, 0.15) is 29.1 Å². The average molecular weight is 272 g/mol. The van der Waals surface area contributed by atoms with E-state index in [1.807, 2.05) is 5.32 Å². The predicted molar refractivity (Wildman–Crippen MR) is 61.6 cm³/mol. The van der Waals surface area contributed by atoms with Gasteiger partial charge in [-0.25, -0.2) is 13.2 Å². The summed E-state index contributed by atoms with van der Waals surface area (Å²) in [7, 11) is 0. The molecule has 0 saturated carbocycles. The van der Waals surface area contributed by atoms with E-state index < -0.39 is 40.9 Å². The second kappa shape index (κ2) is 6.03. The van der Waals surface area contributed by atoms with E-state index in [0.29, 0.717) is 12.1 Å². The molecule has 0 aliphatic heterocycles. The minimum atomic E-state index is -1.36. The maximum absolute atomic E-state index is 13.3. The Hall–Kier alpha value is -2.31. The minimum Gasteiger partial charge on any atom is -0.368 e. The van der Waals surface area contributed by atoms with Gasteiger partial charge in [-0.1, -0.05) is 6.08 Å². The van der Waals surface area contributed by atoms with E-state index in [0.717, 1.165) is 0 Å². The van der Waals surface area contributed by atoms with Crippen LogP contribution >= 0.6 is 0 Å². The Balaban J connectivity index is 3.01. The molecule has 1 rings (SSSR count). The van der Waals surface area contributed by atoms with Crippen LogP contribution in [0.5, 0.6) is 0 Å². The lowest BCUT2D eigenvalue weighted by molar-refractivity contribution is -0.119. The number of nitrogens with two attached hydrogens (primary N) is 1. The fraction of sp³-hybridized carbons (Fsp3) is 0.167. The van der Waals surface area contributed by atoms with Crippen molar-refractivity contribution in [1.82, 2.24) is 5.32 Å². The summed E-state index contributed by atoms with van der Waals surface area (Å²) in [6.07, 6.45) is 1.32. The predicted octanol–water partition coefficient (Wildman–Crippen LogP) is 1.26. The molecule has 0 unspecified atom stereocenters. The molecule has 7 heteroatoms. The molecule has 1 aromatic rings. The van der Waals surface area contributed by atoms with Gasteiger partial charge in [0, 0.05) is 12.1 Å². The average Bonchev–Trinajstić information content (AvgIpc) is 2.26. The van der Waals surface area contributed by atoms with Crippen LogP contribution in [-0.4, -0.2) is 17.9 Å². The Morgan fingerprint density at radius 3 is 2.26 bits per heavy atom. The van der Waals surface area contributed by atoms with Crippen molar-refractivity contribution in [2.75, 3.05) is 0 Å². The van der Waals surface area contributed by atoms with Gasteiger partial charge in [-0.05, 0) is 6.42 Å². The van der Waals surface area contributed by atoms with Crippen molar-refractivity contribution in [1.29, 1.82) is 0 Å². The number of halogens is 3. The van der Waals surface area contributed by atoms with E-state index in [1.54, 1.807) is 0 Å². The lowest BCUT2D eigenvalue weighted by Gasteiger charge is -2.14. The SMILES string of the molecule is C=CC[C@H](NC(=O)c1c(F)cc(F)cc1F)C(N)=O. The minimum absolute atomic E-state index is 0.00546. The highest BCUT2D eigenvalue weighted by Gasteiger charge is 2.23. The first kappa shape index (κ1) is 14.7. The summed E-state index contributed by atoms with van der Waals surface area (Å²) >= 11 is 0. The topological polar surface area (TPSA) is 72.2 Å². The summed E-state index contributed by atoms with van der Waals surface area (Å²) in [6, 6.07) is -0.413. The number of primary amides is 1. The van der Waals surface area contributed by atoms with E-state index in [9.17, 15) is 22.8 Å². The van der Waals surface area contributed by atoms with Crippen molar-refractivity contribution in [2.45, 2.75) is 12.5 Å². The summed E-state index contributed by atoms with van der Waals surface area (Å²) in [5.41, 5.74) is 4.03. The van der Waals surface area contributed by atoms with Crippen LogP contribution in [0.25, 0.3) is 0 Å². The molecular weight excluding hydrogens is 261 g/mol. The Labute approximate surface area is 107 Å². The molecule has 0 aliphatic rings. The Bertz CT molecular complexity index is 509. The van der Waals surface area contributed by atoms with E-state index in [2.05, 4.69) is 6.58 Å². The maximum Gasteiger partial charge on any atom is 0.257 e. The fourth-order valence-electron chi connectivity index (χ4n) is 1.40. The van der Waals surface area contributed by atoms with Crippen molar-refractivity contribution >= 4 is 11.8 Å². The van der Waals surface area contributed by atoms with E-state index in [1.165, 1.54) is 6.08 Å². The van der Waals surface area contributed by atoms with Crippen LogP contribution < -0.4 is 11.1 Å². The molecule has 0 heterocycles. The van der Waals surface area contributed by atoms with Gasteiger partial charge in [0.2, 0.25) is 5.91 Å². The molecule has 102 valence electrons. The molecule has 3 N–H and O–H groups in total. The third-order valence-electron chi connectivity index (χ3n) is 2.29. The monoisotopic (exact) mass is 272 g/mol. The van der Waals surface area contributed by atoms with Crippen molar-refractivity contribution < 1.29 is 22.8 Å². The summed E-state index contributed by atoms with van der Waals surface area (Å²) in [4.78, 5) is 22.6. The first-order chi connectivity index (χ1) is 8.86. The van der Waals surface area contributed by atoms with Gasteiger partial charge in [0.05, 0.1) is 0 Å². The molecular formula is C12H11F3N2O2. The third-order valence-corrected chi connectivity index (χ3v) is 2.29. The highest BCUT2D eigenvalue weighted by atomic mass is 19.1. The number of carbonyl (C=O) groups excluding carboxylic acids is 2. The second-order valence-corrected chi connectivity index (χ2v) is 3.70. The van der Waals surface area contributed by atoms with Crippen molar-refractivity contribution in [3.05, 3.63) is 47.8 Å². The van der Waals surface area contributed by atoms with Gasteiger partial charge in [0.15, 0.2) is 0 Å². The largest absolute Gasteiger partial charge is 0.368 e. The normalized spacial score (nSPS) is 11.7. The summed E-state index contributed by atoms with van der Waals surface area (Å²) < 4.78 is 39.3. The molecule has 0 saturated heterocycles. The molecule has 1 aromatic carbocycles. The number of amides is 2. The number of carbonyl (C=O) groups is 2. The molecule has 0 spiro atoms. The second-order valence-electron chi connectivity index (χ2n) is 3.70. The van der Waals surface area contributed by atoms with Gasteiger partial charge in [-0.15, -0.1) is 6.58 Å². The quantitative estimate of drug-likeness (QED) is 0.792. The van der Waals surface area contributed by atoms with Gasteiger partial charge in [0.25, 0.3) is 5.91 Å². The lowest BCUT2D eigenvalue weighted by atomic mass is 10.1.